The number of hydrogen-bond acceptors (Lipinski definition) is 1. The highest BCUT2D eigenvalue weighted by Gasteiger charge is 2.10. The van der Waals surface area contributed by atoms with E-state index < -0.39 is 0 Å². The molecule has 1 N–H and O–H groups in total. The minimum atomic E-state index is 1.10. The first-order valence-electron chi connectivity index (χ1n) is 4.79. The van der Waals surface area contributed by atoms with Crippen LogP contribution >= 0.6 is 15.9 Å². The Hall–Kier alpha value is -0.570. The number of rotatable bonds is 0. The molecule has 2 heterocycles. The maximum Gasteiger partial charge on any atom is 0.274 e. The van der Waals surface area contributed by atoms with E-state index in [2.05, 4.69) is 44.1 Å². The number of anilines is 1. The molecule has 0 atom stereocenters. The van der Waals surface area contributed by atoms with E-state index >= 15 is 0 Å². The van der Waals surface area contributed by atoms with Gasteiger partial charge in [0.05, 0.1) is 17.6 Å². The highest BCUT2D eigenvalue weighted by Crippen LogP contribution is 2.11. The Labute approximate surface area is 87.1 Å². The lowest BCUT2D eigenvalue weighted by atomic mass is 10.2. The fraction of sp³-hybridized carbons (Fsp3) is 0.500. The zero-order valence-electron chi connectivity index (χ0n) is 7.59. The van der Waals surface area contributed by atoms with Crippen LogP contribution in [-0.2, 0) is 6.54 Å². The molecule has 1 aliphatic rings. The van der Waals surface area contributed by atoms with Crippen molar-refractivity contribution in [1.29, 1.82) is 0 Å². The van der Waals surface area contributed by atoms with Gasteiger partial charge in [0, 0.05) is 6.07 Å². The number of aromatic nitrogens is 1. The van der Waals surface area contributed by atoms with Gasteiger partial charge < -0.3 is 0 Å². The summed E-state index contributed by atoms with van der Waals surface area (Å²) in [6.07, 6.45) is 6.05. The van der Waals surface area contributed by atoms with E-state index in [4.69, 9.17) is 0 Å². The zero-order valence-corrected chi connectivity index (χ0v) is 9.18. The number of nitrogens with one attached hydrogen (secondary N) is 1. The quantitative estimate of drug-likeness (QED) is 0.690. The van der Waals surface area contributed by atoms with Gasteiger partial charge in [-0.15, -0.1) is 0 Å². The van der Waals surface area contributed by atoms with Crippen LogP contribution < -0.4 is 9.88 Å². The van der Waals surface area contributed by atoms with E-state index in [9.17, 15) is 0 Å². The molecule has 1 aromatic rings. The number of pyridine rings is 1. The first-order chi connectivity index (χ1) is 6.36. The van der Waals surface area contributed by atoms with E-state index in [1.807, 2.05) is 0 Å². The van der Waals surface area contributed by atoms with Crippen LogP contribution in [0.2, 0.25) is 0 Å². The summed E-state index contributed by atoms with van der Waals surface area (Å²) >= 11 is 3.49. The third-order valence-electron chi connectivity index (χ3n) is 2.37. The van der Waals surface area contributed by atoms with Gasteiger partial charge in [-0.3, -0.25) is 5.32 Å². The molecule has 0 unspecified atom stereocenters. The fourth-order valence-electron chi connectivity index (χ4n) is 1.66. The second-order valence-corrected chi connectivity index (χ2v) is 4.33. The molecule has 2 rings (SSSR count). The van der Waals surface area contributed by atoms with Crippen molar-refractivity contribution in [3.05, 3.63) is 22.8 Å². The molecule has 1 aliphatic heterocycles. The Balaban J connectivity index is 2.28. The highest BCUT2D eigenvalue weighted by atomic mass is 79.9. The Bertz CT molecular complexity index is 299. The second kappa shape index (κ2) is 4.09. The molecule has 0 bridgehead atoms. The van der Waals surface area contributed by atoms with E-state index in [1.54, 1.807) is 0 Å². The van der Waals surface area contributed by atoms with Gasteiger partial charge in [-0.2, -0.15) is 0 Å². The van der Waals surface area contributed by atoms with Crippen LogP contribution in [0.4, 0.5) is 5.82 Å². The first-order valence-corrected chi connectivity index (χ1v) is 5.58. The van der Waals surface area contributed by atoms with Gasteiger partial charge >= 0.3 is 0 Å². The summed E-state index contributed by atoms with van der Waals surface area (Å²) in [4.78, 5) is 0. The first kappa shape index (κ1) is 9.00. The third-order valence-corrected chi connectivity index (χ3v) is 2.84. The topological polar surface area (TPSA) is 15.9 Å². The van der Waals surface area contributed by atoms with Crippen molar-refractivity contribution < 1.29 is 4.57 Å². The molecule has 0 radical (unpaired) electrons. The van der Waals surface area contributed by atoms with Crippen LogP contribution in [0.15, 0.2) is 22.8 Å². The lowest BCUT2D eigenvalue weighted by molar-refractivity contribution is -0.684. The van der Waals surface area contributed by atoms with Crippen molar-refractivity contribution in [3.8, 4) is 0 Å². The summed E-state index contributed by atoms with van der Waals surface area (Å²) in [6.45, 7) is 2.23. The predicted octanol–water partition coefficient (Wildman–Crippen LogP) is 2.33. The molecule has 3 heteroatoms. The van der Waals surface area contributed by atoms with Gasteiger partial charge in [-0.05, 0) is 41.3 Å². The standard InChI is InChI=1S/C10H13BrN2/c11-9-4-5-10-12-6-2-1-3-7-13(10)8-9/h4-5,8H,1-3,6-7H2/p+1. The lowest BCUT2D eigenvalue weighted by Gasteiger charge is -2.10. The maximum atomic E-state index is 3.49. The average molecular weight is 242 g/mol. The van der Waals surface area contributed by atoms with E-state index in [-0.39, 0.29) is 0 Å². The van der Waals surface area contributed by atoms with Crippen molar-refractivity contribution in [2.24, 2.45) is 0 Å². The number of aryl methyl sites for hydroxylation is 1. The monoisotopic (exact) mass is 241 g/mol. The second-order valence-electron chi connectivity index (χ2n) is 3.41. The van der Waals surface area contributed by atoms with Gasteiger partial charge in [-0.25, -0.2) is 4.57 Å². The largest absolute Gasteiger partial charge is 0.274 e. The van der Waals surface area contributed by atoms with Crippen molar-refractivity contribution in [2.75, 3.05) is 11.9 Å². The molecule has 0 aliphatic carbocycles. The Morgan fingerprint density at radius 1 is 1.23 bits per heavy atom. The molecule has 0 fully saturated rings. The molecule has 1 aromatic heterocycles. The molecule has 0 saturated carbocycles. The fourth-order valence-corrected chi connectivity index (χ4v) is 2.04. The Morgan fingerprint density at radius 2 is 2.15 bits per heavy atom. The van der Waals surface area contributed by atoms with Crippen LogP contribution in [0.1, 0.15) is 19.3 Å². The summed E-state index contributed by atoms with van der Waals surface area (Å²) < 4.78 is 3.43. The van der Waals surface area contributed by atoms with Gasteiger partial charge in [0.1, 0.15) is 6.20 Å². The molecule has 0 aromatic carbocycles. The van der Waals surface area contributed by atoms with Crippen LogP contribution in [0.5, 0.6) is 0 Å². The van der Waals surface area contributed by atoms with Crippen LogP contribution in [-0.4, -0.2) is 6.54 Å². The molecule has 70 valence electrons. The van der Waals surface area contributed by atoms with Crippen LogP contribution in [0.25, 0.3) is 0 Å². The van der Waals surface area contributed by atoms with Crippen LogP contribution in [0.3, 0.4) is 0 Å². The summed E-state index contributed by atoms with van der Waals surface area (Å²) in [5.74, 6) is 1.24. The summed E-state index contributed by atoms with van der Waals surface area (Å²) in [7, 11) is 0. The average Bonchev–Trinajstić information content (AvgIpc) is 2.08. The van der Waals surface area contributed by atoms with Gasteiger partial charge in [-0.1, -0.05) is 0 Å². The van der Waals surface area contributed by atoms with Gasteiger partial charge in [0.15, 0.2) is 0 Å². The smallest absolute Gasteiger partial charge is 0.274 e. The summed E-state index contributed by atoms with van der Waals surface area (Å²) in [5.41, 5.74) is 0. The number of halogens is 1. The molecule has 0 saturated heterocycles. The molecular formula is C10H14BrN2+. The highest BCUT2D eigenvalue weighted by molar-refractivity contribution is 9.10. The number of nitrogens with zero attached hydrogens (tertiary/aromatic N) is 1. The summed E-state index contributed by atoms with van der Waals surface area (Å²) in [6, 6.07) is 4.22. The predicted molar refractivity (Wildman–Crippen MR) is 56.7 cm³/mol. The van der Waals surface area contributed by atoms with Gasteiger partial charge in [0.2, 0.25) is 0 Å². The van der Waals surface area contributed by atoms with Crippen LogP contribution in [0, 0.1) is 0 Å². The van der Waals surface area contributed by atoms with Gasteiger partial charge in [0.25, 0.3) is 5.82 Å². The molecule has 2 nitrogen and oxygen atoms in total. The van der Waals surface area contributed by atoms with E-state index in [1.165, 1.54) is 25.1 Å². The molecule has 13 heavy (non-hydrogen) atoms. The van der Waals surface area contributed by atoms with E-state index in [0.717, 1.165) is 17.6 Å². The third kappa shape index (κ3) is 2.21. The number of fused-ring (bicyclic) bond motifs is 1. The summed E-state index contributed by atoms with van der Waals surface area (Å²) in [5, 5.41) is 3.43. The molecule has 0 spiro atoms. The maximum absolute atomic E-state index is 3.49. The molecule has 0 amide bonds. The van der Waals surface area contributed by atoms with E-state index in [0.29, 0.717) is 0 Å². The minimum absolute atomic E-state index is 1.10. The zero-order chi connectivity index (χ0) is 9.10. The SMILES string of the molecule is Brc1ccc2[n+](c1)CCCCCN2. The lowest BCUT2D eigenvalue weighted by Crippen LogP contribution is -2.38. The minimum Gasteiger partial charge on any atom is -0.274 e. The Kier molecular flexibility index (Phi) is 2.83. The van der Waals surface area contributed by atoms with Crippen molar-refractivity contribution >= 4 is 21.7 Å². The van der Waals surface area contributed by atoms with Crippen molar-refractivity contribution in [3.63, 3.8) is 0 Å². The Morgan fingerprint density at radius 3 is 3.08 bits per heavy atom. The molecular weight excluding hydrogens is 228 g/mol. The number of hydrogen-bond donors (Lipinski definition) is 1. The normalized spacial score (nSPS) is 16.7. The van der Waals surface area contributed by atoms with Crippen molar-refractivity contribution in [1.82, 2.24) is 0 Å². The van der Waals surface area contributed by atoms with Crippen molar-refractivity contribution in [2.45, 2.75) is 25.8 Å².